The van der Waals surface area contributed by atoms with Gasteiger partial charge in [0.2, 0.25) is 17.4 Å². The van der Waals surface area contributed by atoms with Crippen LogP contribution in [0, 0.1) is 0 Å². The summed E-state index contributed by atoms with van der Waals surface area (Å²) in [5.74, 6) is -1.28. The first kappa shape index (κ1) is 8.55. The number of rotatable bonds is 1. The van der Waals surface area contributed by atoms with E-state index >= 15 is 0 Å². The van der Waals surface area contributed by atoms with Crippen LogP contribution in [0.25, 0.3) is 0 Å². The van der Waals surface area contributed by atoms with Gasteiger partial charge in [0.25, 0.3) is 0 Å². The van der Waals surface area contributed by atoms with Crippen molar-refractivity contribution in [3.63, 3.8) is 0 Å². The van der Waals surface area contributed by atoms with E-state index in [-0.39, 0.29) is 5.88 Å². The van der Waals surface area contributed by atoms with Gasteiger partial charge in [0.15, 0.2) is 6.10 Å². The highest BCUT2D eigenvalue weighted by molar-refractivity contribution is 5.99. The van der Waals surface area contributed by atoms with Crippen LogP contribution in [0.3, 0.4) is 0 Å². The standard InChI is InChI=1S/C9H8N2O3/c10-9-7(13)6(12)8(14-9)5-2-1-3-11-4-5/h1-4,8,13H,10H2/t8-/m0/s1. The number of pyridine rings is 1. The van der Waals surface area contributed by atoms with Crippen molar-refractivity contribution >= 4 is 5.78 Å². The predicted molar refractivity (Wildman–Crippen MR) is 46.9 cm³/mol. The molecule has 2 rings (SSSR count). The zero-order chi connectivity index (χ0) is 10.1. The van der Waals surface area contributed by atoms with E-state index in [1.54, 1.807) is 18.3 Å². The first-order valence-corrected chi connectivity index (χ1v) is 3.99. The molecule has 0 unspecified atom stereocenters. The Morgan fingerprint density at radius 1 is 1.57 bits per heavy atom. The largest absolute Gasteiger partial charge is 0.501 e. The summed E-state index contributed by atoms with van der Waals surface area (Å²) in [6.07, 6.45) is 2.22. The number of ketones is 1. The third-order valence-corrected chi connectivity index (χ3v) is 1.94. The molecule has 0 fully saturated rings. The number of hydrogen-bond acceptors (Lipinski definition) is 5. The summed E-state index contributed by atoms with van der Waals surface area (Å²) in [7, 11) is 0. The molecule has 5 nitrogen and oxygen atoms in total. The molecule has 0 radical (unpaired) electrons. The second-order valence-electron chi connectivity index (χ2n) is 2.86. The minimum Gasteiger partial charge on any atom is -0.501 e. The molecular formula is C9H8N2O3. The summed E-state index contributed by atoms with van der Waals surface area (Å²) < 4.78 is 4.99. The summed E-state index contributed by atoms with van der Waals surface area (Å²) in [4.78, 5) is 15.2. The molecule has 0 saturated heterocycles. The molecule has 14 heavy (non-hydrogen) atoms. The van der Waals surface area contributed by atoms with Gasteiger partial charge in [-0.1, -0.05) is 6.07 Å². The molecule has 0 spiro atoms. The Bertz CT molecular complexity index is 400. The fourth-order valence-electron chi connectivity index (χ4n) is 1.23. The van der Waals surface area contributed by atoms with Gasteiger partial charge in [0.05, 0.1) is 0 Å². The van der Waals surface area contributed by atoms with Gasteiger partial charge in [0, 0.05) is 18.0 Å². The summed E-state index contributed by atoms with van der Waals surface area (Å²) in [5, 5.41) is 9.16. The summed E-state index contributed by atoms with van der Waals surface area (Å²) in [6, 6.07) is 3.36. The second-order valence-corrected chi connectivity index (χ2v) is 2.86. The number of Topliss-reactive ketones (excluding diaryl/α,β-unsaturated/α-hetero) is 1. The average molecular weight is 192 g/mol. The lowest BCUT2D eigenvalue weighted by atomic mass is 10.1. The van der Waals surface area contributed by atoms with E-state index in [2.05, 4.69) is 4.98 Å². The third-order valence-electron chi connectivity index (χ3n) is 1.94. The fourth-order valence-corrected chi connectivity index (χ4v) is 1.23. The van der Waals surface area contributed by atoms with Crippen LogP contribution in [0.1, 0.15) is 11.7 Å². The van der Waals surface area contributed by atoms with Crippen molar-refractivity contribution in [2.75, 3.05) is 0 Å². The monoisotopic (exact) mass is 192 g/mol. The van der Waals surface area contributed by atoms with E-state index in [9.17, 15) is 4.79 Å². The highest BCUT2D eigenvalue weighted by Crippen LogP contribution is 2.28. The van der Waals surface area contributed by atoms with E-state index in [1.807, 2.05) is 0 Å². The molecule has 1 aromatic rings. The van der Waals surface area contributed by atoms with Crippen molar-refractivity contribution in [1.82, 2.24) is 4.98 Å². The van der Waals surface area contributed by atoms with E-state index in [1.165, 1.54) is 6.20 Å². The van der Waals surface area contributed by atoms with Gasteiger partial charge in [0.1, 0.15) is 0 Å². The molecule has 1 aliphatic rings. The zero-order valence-electron chi connectivity index (χ0n) is 7.18. The number of nitrogens with zero attached hydrogens (tertiary/aromatic N) is 1. The molecule has 0 aromatic carbocycles. The lowest BCUT2D eigenvalue weighted by molar-refractivity contribution is -0.123. The summed E-state index contributed by atoms with van der Waals surface area (Å²) >= 11 is 0. The van der Waals surface area contributed by atoms with Gasteiger partial charge in [-0.15, -0.1) is 0 Å². The predicted octanol–water partition coefficient (Wildman–Crippen LogP) is 0.408. The Hall–Kier alpha value is -2.04. The van der Waals surface area contributed by atoms with Crippen LogP contribution in [0.5, 0.6) is 0 Å². The molecule has 1 aliphatic heterocycles. The molecule has 1 atom stereocenters. The Kier molecular flexibility index (Phi) is 1.85. The minimum atomic E-state index is -0.858. The molecule has 0 saturated carbocycles. The fraction of sp³-hybridized carbons (Fsp3) is 0.111. The van der Waals surface area contributed by atoms with Crippen LogP contribution in [0.15, 0.2) is 36.2 Å². The topological polar surface area (TPSA) is 85.4 Å². The maximum Gasteiger partial charge on any atom is 0.247 e. The Balaban J connectivity index is 2.30. The number of ether oxygens (including phenoxy) is 1. The molecule has 2 heterocycles. The maximum absolute atomic E-state index is 11.4. The number of aliphatic hydroxyl groups is 1. The Morgan fingerprint density at radius 2 is 2.36 bits per heavy atom. The van der Waals surface area contributed by atoms with Crippen molar-refractivity contribution < 1.29 is 14.6 Å². The number of nitrogens with two attached hydrogens (primary N) is 1. The number of hydrogen-bond donors (Lipinski definition) is 2. The number of carbonyl (C=O) groups excluding carboxylic acids is 1. The smallest absolute Gasteiger partial charge is 0.247 e. The van der Waals surface area contributed by atoms with Gasteiger partial charge in [-0.05, 0) is 6.07 Å². The van der Waals surface area contributed by atoms with Crippen LogP contribution in [0.4, 0.5) is 0 Å². The quantitative estimate of drug-likeness (QED) is 0.673. The lowest BCUT2D eigenvalue weighted by Gasteiger charge is -2.08. The van der Waals surface area contributed by atoms with Gasteiger partial charge >= 0.3 is 0 Å². The average Bonchev–Trinajstić information content (AvgIpc) is 2.47. The van der Waals surface area contributed by atoms with Crippen LogP contribution >= 0.6 is 0 Å². The van der Waals surface area contributed by atoms with Gasteiger partial charge in [-0.25, -0.2) is 0 Å². The van der Waals surface area contributed by atoms with Crippen LogP contribution in [0.2, 0.25) is 0 Å². The van der Waals surface area contributed by atoms with Crippen LogP contribution < -0.4 is 5.73 Å². The minimum absolute atomic E-state index is 0.233. The van der Waals surface area contributed by atoms with Crippen molar-refractivity contribution in [2.45, 2.75) is 6.10 Å². The van der Waals surface area contributed by atoms with Crippen molar-refractivity contribution in [1.29, 1.82) is 0 Å². The van der Waals surface area contributed by atoms with Crippen molar-refractivity contribution in [2.24, 2.45) is 5.73 Å². The SMILES string of the molecule is NC1=C(O)C(=O)[C@H](c2cccnc2)O1. The molecule has 72 valence electrons. The molecule has 5 heteroatoms. The molecule has 0 amide bonds. The maximum atomic E-state index is 11.4. The van der Waals surface area contributed by atoms with Crippen molar-refractivity contribution in [3.8, 4) is 0 Å². The van der Waals surface area contributed by atoms with E-state index < -0.39 is 17.6 Å². The second kappa shape index (κ2) is 3.02. The normalized spacial score (nSPS) is 21.1. The highest BCUT2D eigenvalue weighted by atomic mass is 16.5. The van der Waals surface area contributed by atoms with Crippen LogP contribution in [-0.4, -0.2) is 15.9 Å². The van der Waals surface area contributed by atoms with E-state index in [0.717, 1.165) is 0 Å². The van der Waals surface area contributed by atoms with Crippen molar-refractivity contribution in [3.05, 3.63) is 41.7 Å². The zero-order valence-corrected chi connectivity index (χ0v) is 7.18. The number of aliphatic hydroxyl groups excluding tert-OH is 1. The van der Waals surface area contributed by atoms with Gasteiger partial charge in [-0.3, -0.25) is 9.78 Å². The van der Waals surface area contributed by atoms with Gasteiger partial charge in [-0.2, -0.15) is 0 Å². The molecule has 1 aromatic heterocycles. The third kappa shape index (κ3) is 1.19. The summed E-state index contributed by atoms with van der Waals surface area (Å²) in [5.41, 5.74) is 5.84. The molecule has 0 bridgehead atoms. The first-order valence-electron chi connectivity index (χ1n) is 3.99. The molecule has 0 aliphatic carbocycles. The Labute approximate surface area is 79.8 Å². The molecule has 3 N–H and O–H groups in total. The Morgan fingerprint density at radius 3 is 2.86 bits per heavy atom. The molecular weight excluding hydrogens is 184 g/mol. The van der Waals surface area contributed by atoms with E-state index in [4.69, 9.17) is 15.6 Å². The summed E-state index contributed by atoms with van der Waals surface area (Å²) in [6.45, 7) is 0. The highest BCUT2D eigenvalue weighted by Gasteiger charge is 2.35. The number of carbonyl (C=O) groups is 1. The lowest BCUT2D eigenvalue weighted by Crippen LogP contribution is -2.09. The van der Waals surface area contributed by atoms with Gasteiger partial charge < -0.3 is 15.6 Å². The van der Waals surface area contributed by atoms with Crippen LogP contribution in [-0.2, 0) is 9.53 Å². The number of aromatic nitrogens is 1. The first-order chi connectivity index (χ1) is 6.70. The van der Waals surface area contributed by atoms with E-state index in [0.29, 0.717) is 5.56 Å².